The van der Waals surface area contributed by atoms with E-state index in [4.69, 9.17) is 22.1 Å². The molecule has 0 heterocycles. The highest BCUT2D eigenvalue weighted by molar-refractivity contribution is 7.99. The van der Waals surface area contributed by atoms with Gasteiger partial charge in [-0.2, -0.15) is 0 Å². The van der Waals surface area contributed by atoms with Crippen LogP contribution < -0.4 is 5.73 Å². The lowest BCUT2D eigenvalue weighted by Gasteiger charge is -2.09. The molecule has 0 aliphatic rings. The number of hydrogen-bond acceptors (Lipinski definition) is 3. The van der Waals surface area contributed by atoms with Gasteiger partial charge in [0.05, 0.1) is 17.7 Å². The molecule has 0 spiro atoms. The molecule has 0 aliphatic carbocycles. The first-order chi connectivity index (χ1) is 7.11. The minimum Gasteiger partial charge on any atom is -0.398 e. The van der Waals surface area contributed by atoms with E-state index in [0.717, 1.165) is 16.3 Å². The van der Waals surface area contributed by atoms with Crippen molar-refractivity contribution in [2.75, 3.05) is 18.1 Å². The van der Waals surface area contributed by atoms with Gasteiger partial charge < -0.3 is 10.5 Å². The first-order valence-corrected chi connectivity index (χ1v) is 6.26. The van der Waals surface area contributed by atoms with Gasteiger partial charge in [0.15, 0.2) is 0 Å². The first-order valence-electron chi connectivity index (χ1n) is 4.89. The predicted octanol–water partition coefficient (Wildman–Crippen LogP) is 3.44. The third kappa shape index (κ3) is 4.33. The maximum atomic E-state index is 6.03. The minimum absolute atomic E-state index is 0.272. The summed E-state index contributed by atoms with van der Waals surface area (Å²) >= 11 is 7.66. The van der Waals surface area contributed by atoms with Crippen LogP contribution in [-0.2, 0) is 4.74 Å². The van der Waals surface area contributed by atoms with E-state index in [0.29, 0.717) is 11.6 Å². The van der Waals surface area contributed by atoms with Crippen LogP contribution in [0.25, 0.3) is 0 Å². The van der Waals surface area contributed by atoms with E-state index in [9.17, 15) is 0 Å². The summed E-state index contributed by atoms with van der Waals surface area (Å²) in [6.45, 7) is 4.76. The minimum atomic E-state index is 0.272. The predicted molar refractivity (Wildman–Crippen MR) is 67.7 cm³/mol. The highest BCUT2D eigenvalue weighted by Crippen LogP contribution is 2.32. The Morgan fingerprint density at radius 2 is 2.20 bits per heavy atom. The summed E-state index contributed by atoms with van der Waals surface area (Å²) < 4.78 is 5.44. The Labute approximate surface area is 100 Å². The van der Waals surface area contributed by atoms with Crippen molar-refractivity contribution in [2.45, 2.75) is 24.8 Å². The number of nitrogen functional groups attached to an aromatic ring is 1. The van der Waals surface area contributed by atoms with E-state index in [-0.39, 0.29) is 6.10 Å². The molecule has 1 aromatic carbocycles. The average Bonchev–Trinajstić information content (AvgIpc) is 2.15. The van der Waals surface area contributed by atoms with Crippen LogP contribution in [0.3, 0.4) is 0 Å². The van der Waals surface area contributed by atoms with Gasteiger partial charge in [0.25, 0.3) is 0 Å². The Hall–Kier alpha value is -0.380. The van der Waals surface area contributed by atoms with E-state index in [1.54, 1.807) is 11.8 Å². The molecule has 15 heavy (non-hydrogen) atoms. The summed E-state index contributed by atoms with van der Waals surface area (Å²) in [5.74, 6) is 0.867. The number of benzene rings is 1. The van der Waals surface area contributed by atoms with Gasteiger partial charge in [-0.15, -0.1) is 11.8 Å². The van der Waals surface area contributed by atoms with Crippen LogP contribution in [0.2, 0.25) is 5.02 Å². The maximum Gasteiger partial charge on any atom is 0.0563 e. The second-order valence-corrected chi connectivity index (χ2v) is 4.94. The zero-order chi connectivity index (χ0) is 11.3. The van der Waals surface area contributed by atoms with Crippen molar-refractivity contribution in [3.8, 4) is 0 Å². The Morgan fingerprint density at radius 3 is 2.80 bits per heavy atom. The fourth-order valence-electron chi connectivity index (χ4n) is 1.11. The Balaban J connectivity index is 2.43. The van der Waals surface area contributed by atoms with Gasteiger partial charge in [-0.1, -0.05) is 17.7 Å². The largest absolute Gasteiger partial charge is 0.398 e. The highest BCUT2D eigenvalue weighted by Gasteiger charge is 2.04. The second-order valence-electron chi connectivity index (χ2n) is 3.43. The van der Waals surface area contributed by atoms with Gasteiger partial charge in [-0.25, -0.2) is 0 Å². The summed E-state index contributed by atoms with van der Waals surface area (Å²) in [6, 6.07) is 5.56. The molecular formula is C11H16ClNOS. The van der Waals surface area contributed by atoms with Crippen LogP contribution in [-0.4, -0.2) is 18.5 Å². The van der Waals surface area contributed by atoms with Crippen LogP contribution >= 0.6 is 23.4 Å². The second kappa shape index (κ2) is 6.26. The molecule has 0 amide bonds. The Morgan fingerprint density at radius 1 is 1.47 bits per heavy atom. The molecule has 0 saturated heterocycles. The number of hydrogen-bond donors (Lipinski definition) is 1. The molecule has 0 unspecified atom stereocenters. The van der Waals surface area contributed by atoms with E-state index in [2.05, 4.69) is 0 Å². The van der Waals surface area contributed by atoms with Crippen molar-refractivity contribution in [1.82, 2.24) is 0 Å². The van der Waals surface area contributed by atoms with Crippen LogP contribution in [0.1, 0.15) is 13.8 Å². The van der Waals surface area contributed by atoms with Crippen molar-refractivity contribution < 1.29 is 4.74 Å². The molecule has 0 atom stereocenters. The molecule has 0 radical (unpaired) electrons. The third-order valence-corrected chi connectivity index (χ3v) is 3.32. The van der Waals surface area contributed by atoms with E-state index in [1.807, 2.05) is 32.0 Å². The molecule has 0 fully saturated rings. The van der Waals surface area contributed by atoms with Crippen LogP contribution in [0.15, 0.2) is 23.1 Å². The smallest absolute Gasteiger partial charge is 0.0563 e. The molecule has 0 aliphatic heterocycles. The molecule has 1 rings (SSSR count). The van der Waals surface area contributed by atoms with Crippen molar-refractivity contribution in [3.05, 3.63) is 23.2 Å². The molecule has 0 aromatic heterocycles. The SMILES string of the molecule is CC(C)OCCSc1c(N)cccc1Cl. The van der Waals surface area contributed by atoms with Crippen LogP contribution in [0.4, 0.5) is 5.69 Å². The summed E-state index contributed by atoms with van der Waals surface area (Å²) in [4.78, 5) is 0.950. The number of thioether (sulfide) groups is 1. The van der Waals surface area contributed by atoms with Crippen molar-refractivity contribution in [1.29, 1.82) is 0 Å². The lowest BCUT2D eigenvalue weighted by atomic mass is 10.3. The van der Waals surface area contributed by atoms with Gasteiger partial charge in [0.2, 0.25) is 0 Å². The summed E-state index contributed by atoms with van der Waals surface area (Å²) in [5.41, 5.74) is 6.55. The van der Waals surface area contributed by atoms with Gasteiger partial charge in [-0.3, -0.25) is 0 Å². The molecule has 2 N–H and O–H groups in total. The number of anilines is 1. The number of halogens is 1. The lowest BCUT2D eigenvalue weighted by Crippen LogP contribution is -2.05. The van der Waals surface area contributed by atoms with Gasteiger partial charge in [0, 0.05) is 16.3 Å². The lowest BCUT2D eigenvalue weighted by molar-refractivity contribution is 0.0920. The average molecular weight is 246 g/mol. The quantitative estimate of drug-likeness (QED) is 0.490. The molecule has 1 aromatic rings. The first kappa shape index (κ1) is 12.7. The molecule has 0 bridgehead atoms. The zero-order valence-electron chi connectivity index (χ0n) is 9.00. The van der Waals surface area contributed by atoms with E-state index in [1.165, 1.54) is 0 Å². The van der Waals surface area contributed by atoms with E-state index < -0.39 is 0 Å². The number of rotatable bonds is 5. The summed E-state index contributed by atoms with van der Waals surface area (Å²) in [7, 11) is 0. The molecule has 4 heteroatoms. The van der Waals surface area contributed by atoms with Crippen molar-refractivity contribution >= 4 is 29.1 Å². The van der Waals surface area contributed by atoms with Gasteiger partial charge in [-0.05, 0) is 26.0 Å². The topological polar surface area (TPSA) is 35.2 Å². The van der Waals surface area contributed by atoms with Gasteiger partial charge >= 0.3 is 0 Å². The van der Waals surface area contributed by atoms with Gasteiger partial charge in [0.1, 0.15) is 0 Å². The summed E-state index contributed by atoms with van der Waals surface area (Å²) in [5, 5.41) is 0.713. The maximum absolute atomic E-state index is 6.03. The van der Waals surface area contributed by atoms with Crippen LogP contribution in [0, 0.1) is 0 Å². The number of ether oxygens (including phenoxy) is 1. The Kier molecular flexibility index (Phi) is 5.29. The van der Waals surface area contributed by atoms with Crippen molar-refractivity contribution in [3.63, 3.8) is 0 Å². The monoisotopic (exact) mass is 245 g/mol. The highest BCUT2D eigenvalue weighted by atomic mass is 35.5. The zero-order valence-corrected chi connectivity index (χ0v) is 10.6. The molecule has 84 valence electrons. The normalized spacial score (nSPS) is 10.9. The molecule has 2 nitrogen and oxygen atoms in total. The van der Waals surface area contributed by atoms with Crippen molar-refractivity contribution in [2.24, 2.45) is 0 Å². The fraction of sp³-hybridized carbons (Fsp3) is 0.455. The van der Waals surface area contributed by atoms with E-state index >= 15 is 0 Å². The standard InChI is InChI=1S/C11H16ClNOS/c1-8(2)14-6-7-15-11-9(12)4-3-5-10(11)13/h3-5,8H,6-7,13H2,1-2H3. The number of nitrogens with two attached hydrogens (primary N) is 1. The third-order valence-electron chi connectivity index (χ3n) is 1.78. The Bertz CT molecular complexity index is 297. The molecule has 0 saturated carbocycles. The fourth-order valence-corrected chi connectivity index (χ4v) is 2.28. The summed E-state index contributed by atoms with van der Waals surface area (Å²) in [6.07, 6.45) is 0.272. The van der Waals surface area contributed by atoms with Crippen LogP contribution in [0.5, 0.6) is 0 Å². The molecular weight excluding hydrogens is 230 g/mol.